The van der Waals surface area contributed by atoms with Crippen molar-refractivity contribution < 1.29 is 5.11 Å². The maximum Gasteiger partial charge on any atom is 0.0664 e. The minimum Gasteiger partial charge on any atom is -0.392 e. The average Bonchev–Trinajstić information content (AvgIpc) is 2.47. The molecule has 0 spiro atoms. The molecule has 0 radical (unpaired) electrons. The van der Waals surface area contributed by atoms with Crippen LogP contribution in [0.25, 0.3) is 0 Å². The Kier molecular flexibility index (Phi) is 5.83. The number of aliphatic hydroxyl groups excluding tert-OH is 1. The molecule has 1 unspecified atom stereocenters. The van der Waals surface area contributed by atoms with Crippen molar-refractivity contribution in [3.05, 3.63) is 35.9 Å². The van der Waals surface area contributed by atoms with E-state index in [9.17, 15) is 5.11 Å². The smallest absolute Gasteiger partial charge is 0.0664 e. The lowest BCUT2D eigenvalue weighted by Gasteiger charge is -2.35. The summed E-state index contributed by atoms with van der Waals surface area (Å²) in [6.45, 7) is 8.46. The van der Waals surface area contributed by atoms with Crippen LogP contribution in [0.5, 0.6) is 0 Å². The third-order valence-electron chi connectivity index (χ3n) is 3.96. The van der Waals surface area contributed by atoms with Gasteiger partial charge >= 0.3 is 0 Å². The summed E-state index contributed by atoms with van der Waals surface area (Å²) < 4.78 is 0. The first kappa shape index (κ1) is 14.5. The molecule has 1 aromatic carbocycles. The van der Waals surface area contributed by atoms with E-state index in [4.69, 9.17) is 0 Å². The number of hydrogen-bond acceptors (Lipinski definition) is 3. The van der Waals surface area contributed by atoms with Crippen molar-refractivity contribution in [1.29, 1.82) is 0 Å². The second kappa shape index (κ2) is 7.63. The molecule has 1 saturated heterocycles. The molecule has 3 nitrogen and oxygen atoms in total. The van der Waals surface area contributed by atoms with Crippen molar-refractivity contribution >= 4 is 0 Å². The standard InChI is InChI=1S/C16H26N2O/c1-2-16(19)14-18-12-10-17(11-13-18)9-8-15-6-4-3-5-7-15/h3-7,16,19H,2,8-14H2,1H3. The van der Waals surface area contributed by atoms with Gasteiger partial charge in [-0.25, -0.2) is 0 Å². The lowest BCUT2D eigenvalue weighted by atomic mass is 10.1. The van der Waals surface area contributed by atoms with E-state index >= 15 is 0 Å². The molecule has 0 aliphatic carbocycles. The monoisotopic (exact) mass is 262 g/mol. The molecule has 1 N–H and O–H groups in total. The Bertz CT molecular complexity index is 347. The zero-order chi connectivity index (χ0) is 13.5. The molecule has 3 heteroatoms. The van der Waals surface area contributed by atoms with E-state index in [1.54, 1.807) is 0 Å². The van der Waals surface area contributed by atoms with E-state index in [0.717, 1.165) is 52.1 Å². The molecule has 1 heterocycles. The van der Waals surface area contributed by atoms with Gasteiger partial charge < -0.3 is 10.0 Å². The fourth-order valence-corrected chi connectivity index (χ4v) is 2.55. The van der Waals surface area contributed by atoms with Gasteiger partial charge in [-0.2, -0.15) is 0 Å². The number of nitrogens with zero attached hydrogens (tertiary/aromatic N) is 2. The second-order valence-electron chi connectivity index (χ2n) is 5.44. The first-order valence-electron chi connectivity index (χ1n) is 7.44. The molecule has 1 aromatic rings. The Morgan fingerprint density at radius 1 is 1.05 bits per heavy atom. The van der Waals surface area contributed by atoms with E-state index in [1.807, 2.05) is 6.92 Å². The lowest BCUT2D eigenvalue weighted by molar-refractivity contribution is 0.0714. The Hall–Kier alpha value is -0.900. The van der Waals surface area contributed by atoms with Crippen molar-refractivity contribution in [1.82, 2.24) is 9.80 Å². The van der Waals surface area contributed by atoms with E-state index in [2.05, 4.69) is 40.1 Å². The van der Waals surface area contributed by atoms with E-state index in [1.165, 1.54) is 5.56 Å². The maximum atomic E-state index is 9.67. The lowest BCUT2D eigenvalue weighted by Crippen LogP contribution is -2.48. The van der Waals surface area contributed by atoms with Crippen LogP contribution in [0.1, 0.15) is 18.9 Å². The number of rotatable bonds is 6. The molecule has 0 bridgehead atoms. The molecule has 1 atom stereocenters. The Balaban J connectivity index is 1.66. The number of benzene rings is 1. The van der Waals surface area contributed by atoms with Crippen LogP contribution < -0.4 is 0 Å². The minimum absolute atomic E-state index is 0.157. The molecular formula is C16H26N2O. The number of hydrogen-bond donors (Lipinski definition) is 1. The van der Waals surface area contributed by atoms with Gasteiger partial charge in [0.05, 0.1) is 6.10 Å². The molecule has 0 saturated carbocycles. The highest BCUT2D eigenvalue weighted by Crippen LogP contribution is 2.06. The van der Waals surface area contributed by atoms with Gasteiger partial charge in [0.25, 0.3) is 0 Å². The average molecular weight is 262 g/mol. The van der Waals surface area contributed by atoms with E-state index < -0.39 is 0 Å². The van der Waals surface area contributed by atoms with Gasteiger partial charge in [-0.15, -0.1) is 0 Å². The van der Waals surface area contributed by atoms with Gasteiger partial charge in [0.15, 0.2) is 0 Å². The summed E-state index contributed by atoms with van der Waals surface area (Å²) in [4.78, 5) is 4.91. The fraction of sp³-hybridized carbons (Fsp3) is 0.625. The third kappa shape index (κ3) is 4.94. The van der Waals surface area contributed by atoms with Gasteiger partial charge in [-0.3, -0.25) is 4.90 Å². The van der Waals surface area contributed by atoms with Crippen molar-refractivity contribution in [2.45, 2.75) is 25.9 Å². The molecule has 1 aliphatic heterocycles. The zero-order valence-corrected chi connectivity index (χ0v) is 12.0. The largest absolute Gasteiger partial charge is 0.392 e. The van der Waals surface area contributed by atoms with Gasteiger partial charge in [0.2, 0.25) is 0 Å². The van der Waals surface area contributed by atoms with Crippen LogP contribution in [0.15, 0.2) is 30.3 Å². The third-order valence-corrected chi connectivity index (χ3v) is 3.96. The van der Waals surface area contributed by atoms with E-state index in [0.29, 0.717) is 0 Å². The van der Waals surface area contributed by atoms with Crippen molar-refractivity contribution in [2.24, 2.45) is 0 Å². The van der Waals surface area contributed by atoms with Gasteiger partial charge in [-0.05, 0) is 18.4 Å². The van der Waals surface area contributed by atoms with Crippen LogP contribution in [-0.2, 0) is 6.42 Å². The van der Waals surface area contributed by atoms with Crippen molar-refractivity contribution in [3.8, 4) is 0 Å². The molecule has 1 aliphatic rings. The van der Waals surface area contributed by atoms with Gasteiger partial charge in [0.1, 0.15) is 0 Å². The van der Waals surface area contributed by atoms with Crippen LogP contribution >= 0.6 is 0 Å². The zero-order valence-electron chi connectivity index (χ0n) is 12.0. The summed E-state index contributed by atoms with van der Waals surface area (Å²) in [5.41, 5.74) is 1.42. The molecule has 106 valence electrons. The number of piperazine rings is 1. The summed E-state index contributed by atoms with van der Waals surface area (Å²) in [6, 6.07) is 10.7. The highest BCUT2D eigenvalue weighted by molar-refractivity contribution is 5.14. The van der Waals surface area contributed by atoms with Crippen LogP contribution in [0.3, 0.4) is 0 Å². The van der Waals surface area contributed by atoms with E-state index in [-0.39, 0.29) is 6.10 Å². The molecule has 0 amide bonds. The van der Waals surface area contributed by atoms with Gasteiger partial charge in [-0.1, -0.05) is 37.3 Å². The normalized spacial score (nSPS) is 19.5. The molecule has 0 aromatic heterocycles. The Morgan fingerprint density at radius 3 is 2.32 bits per heavy atom. The first-order valence-corrected chi connectivity index (χ1v) is 7.44. The van der Waals surface area contributed by atoms with Gasteiger partial charge in [0, 0.05) is 39.3 Å². The maximum absolute atomic E-state index is 9.67. The SMILES string of the molecule is CCC(O)CN1CCN(CCc2ccccc2)CC1. The summed E-state index contributed by atoms with van der Waals surface area (Å²) in [5.74, 6) is 0. The predicted octanol–water partition coefficient (Wildman–Crippen LogP) is 1.62. The van der Waals surface area contributed by atoms with Crippen LogP contribution in [0, 0.1) is 0 Å². The quantitative estimate of drug-likeness (QED) is 0.844. The summed E-state index contributed by atoms with van der Waals surface area (Å²) in [5, 5.41) is 9.67. The van der Waals surface area contributed by atoms with Crippen LogP contribution in [0.4, 0.5) is 0 Å². The van der Waals surface area contributed by atoms with Crippen LogP contribution in [-0.4, -0.2) is 60.3 Å². The van der Waals surface area contributed by atoms with Crippen molar-refractivity contribution in [2.75, 3.05) is 39.3 Å². The fourth-order valence-electron chi connectivity index (χ4n) is 2.55. The molecular weight excluding hydrogens is 236 g/mol. The molecule has 19 heavy (non-hydrogen) atoms. The predicted molar refractivity (Wildman–Crippen MR) is 79.3 cm³/mol. The number of aliphatic hydroxyl groups is 1. The first-order chi connectivity index (χ1) is 9.28. The highest BCUT2D eigenvalue weighted by atomic mass is 16.3. The number of β-amino-alcohol motifs (C(OH)–C–C–N with tert-alkyl or cyclic N) is 1. The topological polar surface area (TPSA) is 26.7 Å². The Labute approximate surface area is 116 Å². The highest BCUT2D eigenvalue weighted by Gasteiger charge is 2.18. The summed E-state index contributed by atoms with van der Waals surface area (Å²) >= 11 is 0. The van der Waals surface area contributed by atoms with Crippen molar-refractivity contribution in [3.63, 3.8) is 0 Å². The summed E-state index contributed by atoms with van der Waals surface area (Å²) in [7, 11) is 0. The summed E-state index contributed by atoms with van der Waals surface area (Å²) in [6.07, 6.45) is 1.84. The molecule has 1 fully saturated rings. The van der Waals surface area contributed by atoms with Crippen LogP contribution in [0.2, 0.25) is 0 Å². The second-order valence-corrected chi connectivity index (χ2v) is 5.44. The molecule has 2 rings (SSSR count). The minimum atomic E-state index is -0.157. The Morgan fingerprint density at radius 2 is 1.68 bits per heavy atom.